The second-order valence-electron chi connectivity index (χ2n) is 4.45. The largest absolute Gasteiger partial charge is 0.481 e. The Morgan fingerprint density at radius 2 is 2.12 bits per heavy atom. The van der Waals surface area contributed by atoms with Crippen LogP contribution in [-0.2, 0) is 17.8 Å². The summed E-state index contributed by atoms with van der Waals surface area (Å²) in [5.74, 6) is 0.0513. The van der Waals surface area contributed by atoms with Crippen LogP contribution in [0.3, 0.4) is 0 Å². The smallest absolute Gasteiger partial charge is 0.308 e. The number of tetrazole rings is 1. The van der Waals surface area contributed by atoms with Gasteiger partial charge in [0, 0.05) is 6.42 Å². The number of carboxylic acid groups (broad SMARTS) is 1. The summed E-state index contributed by atoms with van der Waals surface area (Å²) in [5, 5.41) is 20.1. The summed E-state index contributed by atoms with van der Waals surface area (Å²) in [6.45, 7) is 6.24. The van der Waals surface area contributed by atoms with Crippen molar-refractivity contribution in [2.75, 3.05) is 0 Å². The molecule has 0 spiro atoms. The zero-order valence-corrected chi connectivity index (χ0v) is 9.92. The Hall–Kier alpha value is -1.46. The Morgan fingerprint density at radius 3 is 2.69 bits per heavy atom. The highest BCUT2D eigenvalue weighted by atomic mass is 16.4. The van der Waals surface area contributed by atoms with Gasteiger partial charge < -0.3 is 5.11 Å². The fraction of sp³-hybridized carbons (Fsp3) is 0.800. The Kier molecular flexibility index (Phi) is 4.39. The molecule has 0 aromatic carbocycles. The SMILES string of the molecule is CC(C)CCc1nnnn1CC(C)C(=O)O. The van der Waals surface area contributed by atoms with E-state index in [9.17, 15) is 4.79 Å². The number of carbonyl (C=O) groups is 1. The van der Waals surface area contributed by atoms with E-state index in [4.69, 9.17) is 5.11 Å². The molecule has 0 aliphatic heterocycles. The van der Waals surface area contributed by atoms with Crippen molar-refractivity contribution in [2.45, 2.75) is 40.2 Å². The van der Waals surface area contributed by atoms with Crippen molar-refractivity contribution < 1.29 is 9.90 Å². The molecule has 1 atom stereocenters. The molecule has 1 aromatic heterocycles. The van der Waals surface area contributed by atoms with E-state index in [2.05, 4.69) is 29.4 Å². The molecule has 1 N–H and O–H groups in total. The standard InChI is InChI=1S/C10H18N4O2/c1-7(2)4-5-9-11-12-13-14(9)6-8(3)10(15)16/h7-8H,4-6H2,1-3H3,(H,15,16). The number of aliphatic carboxylic acids is 1. The van der Waals surface area contributed by atoms with E-state index in [-0.39, 0.29) is 0 Å². The van der Waals surface area contributed by atoms with Crippen LogP contribution in [0.5, 0.6) is 0 Å². The summed E-state index contributed by atoms with van der Waals surface area (Å²) < 4.78 is 1.58. The minimum absolute atomic E-state index is 0.329. The lowest BCUT2D eigenvalue weighted by Crippen LogP contribution is -2.19. The Labute approximate surface area is 94.7 Å². The summed E-state index contributed by atoms with van der Waals surface area (Å²) in [6, 6.07) is 0. The molecule has 16 heavy (non-hydrogen) atoms. The molecular weight excluding hydrogens is 208 g/mol. The van der Waals surface area contributed by atoms with Gasteiger partial charge in [-0.25, -0.2) is 4.68 Å². The summed E-state index contributed by atoms with van der Waals surface area (Å²) in [6.07, 6.45) is 1.79. The molecule has 1 unspecified atom stereocenters. The molecule has 1 rings (SSSR count). The number of aromatic nitrogens is 4. The molecule has 1 heterocycles. The van der Waals surface area contributed by atoms with Crippen molar-refractivity contribution in [1.29, 1.82) is 0 Å². The number of hydrogen-bond acceptors (Lipinski definition) is 4. The highest BCUT2D eigenvalue weighted by Gasteiger charge is 2.15. The van der Waals surface area contributed by atoms with E-state index in [0.29, 0.717) is 12.5 Å². The lowest BCUT2D eigenvalue weighted by atomic mass is 10.1. The first kappa shape index (κ1) is 12.6. The number of hydrogen-bond donors (Lipinski definition) is 1. The van der Waals surface area contributed by atoms with E-state index in [1.165, 1.54) is 0 Å². The zero-order chi connectivity index (χ0) is 12.1. The highest BCUT2D eigenvalue weighted by Crippen LogP contribution is 2.07. The summed E-state index contributed by atoms with van der Waals surface area (Å²) in [5.41, 5.74) is 0. The summed E-state index contributed by atoms with van der Waals surface area (Å²) in [7, 11) is 0. The van der Waals surface area contributed by atoms with Crippen LogP contribution in [0, 0.1) is 11.8 Å². The quantitative estimate of drug-likeness (QED) is 0.782. The average Bonchev–Trinajstić information content (AvgIpc) is 2.62. The minimum atomic E-state index is -0.828. The summed E-state index contributed by atoms with van der Waals surface area (Å²) in [4.78, 5) is 10.7. The fourth-order valence-corrected chi connectivity index (χ4v) is 1.30. The van der Waals surface area contributed by atoms with E-state index in [0.717, 1.165) is 18.7 Å². The third-order valence-electron chi connectivity index (χ3n) is 2.42. The second kappa shape index (κ2) is 5.58. The molecule has 6 nitrogen and oxygen atoms in total. The topological polar surface area (TPSA) is 80.9 Å². The number of carboxylic acids is 1. The van der Waals surface area contributed by atoms with E-state index in [1.54, 1.807) is 11.6 Å². The van der Waals surface area contributed by atoms with Gasteiger partial charge in [0.1, 0.15) is 0 Å². The highest BCUT2D eigenvalue weighted by molar-refractivity contribution is 5.69. The number of aryl methyl sites for hydroxylation is 1. The van der Waals surface area contributed by atoms with Crippen LogP contribution in [0.4, 0.5) is 0 Å². The third-order valence-corrected chi connectivity index (χ3v) is 2.42. The van der Waals surface area contributed by atoms with Crippen LogP contribution in [0.25, 0.3) is 0 Å². The molecule has 0 aliphatic carbocycles. The van der Waals surface area contributed by atoms with Gasteiger partial charge in [0.05, 0.1) is 12.5 Å². The van der Waals surface area contributed by atoms with Crippen LogP contribution in [0.1, 0.15) is 33.0 Å². The molecule has 0 bridgehead atoms. The number of nitrogens with zero attached hydrogens (tertiary/aromatic N) is 4. The van der Waals surface area contributed by atoms with Crippen molar-refractivity contribution in [3.05, 3.63) is 5.82 Å². The van der Waals surface area contributed by atoms with Gasteiger partial charge >= 0.3 is 5.97 Å². The molecular formula is C10H18N4O2. The molecule has 0 aliphatic rings. The minimum Gasteiger partial charge on any atom is -0.481 e. The zero-order valence-electron chi connectivity index (χ0n) is 9.92. The van der Waals surface area contributed by atoms with Crippen molar-refractivity contribution in [2.24, 2.45) is 11.8 Å². The second-order valence-corrected chi connectivity index (χ2v) is 4.45. The van der Waals surface area contributed by atoms with E-state index in [1.807, 2.05) is 0 Å². The maximum atomic E-state index is 10.7. The molecule has 0 fully saturated rings. The van der Waals surface area contributed by atoms with E-state index >= 15 is 0 Å². The van der Waals surface area contributed by atoms with Gasteiger partial charge in [-0.2, -0.15) is 0 Å². The first-order valence-electron chi connectivity index (χ1n) is 5.48. The first-order chi connectivity index (χ1) is 7.50. The van der Waals surface area contributed by atoms with Crippen molar-refractivity contribution in [3.63, 3.8) is 0 Å². The fourth-order valence-electron chi connectivity index (χ4n) is 1.30. The Bertz CT molecular complexity index is 348. The molecule has 0 radical (unpaired) electrons. The summed E-state index contributed by atoms with van der Waals surface area (Å²) >= 11 is 0. The lowest BCUT2D eigenvalue weighted by molar-refractivity contribution is -0.141. The van der Waals surface area contributed by atoms with Crippen LogP contribution < -0.4 is 0 Å². The monoisotopic (exact) mass is 226 g/mol. The molecule has 90 valence electrons. The lowest BCUT2D eigenvalue weighted by Gasteiger charge is -2.08. The number of rotatable bonds is 6. The Balaban J connectivity index is 2.60. The third kappa shape index (κ3) is 3.60. The van der Waals surface area contributed by atoms with Crippen LogP contribution >= 0.6 is 0 Å². The van der Waals surface area contributed by atoms with Gasteiger partial charge in [0.25, 0.3) is 0 Å². The molecule has 0 saturated heterocycles. The predicted octanol–water partition coefficient (Wildman–Crippen LogP) is 0.982. The normalized spacial score (nSPS) is 13.0. The van der Waals surface area contributed by atoms with Crippen LogP contribution in [0.2, 0.25) is 0 Å². The van der Waals surface area contributed by atoms with Gasteiger partial charge in [-0.15, -0.1) is 5.10 Å². The van der Waals surface area contributed by atoms with Gasteiger partial charge in [-0.05, 0) is 22.8 Å². The van der Waals surface area contributed by atoms with Crippen molar-refractivity contribution >= 4 is 5.97 Å². The van der Waals surface area contributed by atoms with Gasteiger partial charge in [0.2, 0.25) is 0 Å². The maximum absolute atomic E-state index is 10.7. The van der Waals surface area contributed by atoms with Gasteiger partial charge in [-0.3, -0.25) is 4.79 Å². The predicted molar refractivity (Wildman–Crippen MR) is 57.8 cm³/mol. The van der Waals surface area contributed by atoms with Gasteiger partial charge in [-0.1, -0.05) is 20.8 Å². The molecule has 6 heteroatoms. The molecule has 1 aromatic rings. The van der Waals surface area contributed by atoms with Crippen LogP contribution in [-0.4, -0.2) is 31.3 Å². The molecule has 0 amide bonds. The van der Waals surface area contributed by atoms with Gasteiger partial charge in [0.15, 0.2) is 5.82 Å². The average molecular weight is 226 g/mol. The van der Waals surface area contributed by atoms with Crippen molar-refractivity contribution in [1.82, 2.24) is 20.2 Å². The van der Waals surface area contributed by atoms with Crippen LogP contribution in [0.15, 0.2) is 0 Å². The molecule has 0 saturated carbocycles. The first-order valence-corrected chi connectivity index (χ1v) is 5.48. The Morgan fingerprint density at radius 1 is 1.44 bits per heavy atom. The van der Waals surface area contributed by atoms with Crippen molar-refractivity contribution in [3.8, 4) is 0 Å². The maximum Gasteiger partial charge on any atom is 0.308 e. The van der Waals surface area contributed by atoms with E-state index < -0.39 is 11.9 Å².